The van der Waals surface area contributed by atoms with Gasteiger partial charge in [0.25, 0.3) is 5.91 Å². The Morgan fingerprint density at radius 1 is 1.59 bits per heavy atom. The summed E-state index contributed by atoms with van der Waals surface area (Å²) < 4.78 is 6.27. The van der Waals surface area contributed by atoms with Crippen molar-refractivity contribution in [1.29, 1.82) is 0 Å². The zero-order valence-electron chi connectivity index (χ0n) is 14.5. The molecule has 5 N–H and O–H groups in total. The van der Waals surface area contributed by atoms with Gasteiger partial charge in [-0.05, 0) is 50.8 Å². The average molecular weight is 505 g/mol. The molecule has 3 rings (SSSR count). The van der Waals surface area contributed by atoms with Crippen LogP contribution in [0.3, 0.4) is 0 Å². The van der Waals surface area contributed by atoms with Crippen LogP contribution in [-0.2, 0) is 20.8 Å². The molecule has 1 aromatic heterocycles. The van der Waals surface area contributed by atoms with Crippen LogP contribution in [-0.4, -0.2) is 52.1 Å². The van der Waals surface area contributed by atoms with Gasteiger partial charge in [-0.2, -0.15) is 0 Å². The number of allylic oxidation sites excluding steroid dienone is 1. The van der Waals surface area contributed by atoms with Crippen LogP contribution in [0, 0.1) is 0 Å². The molecule has 0 saturated carbocycles. The zero-order valence-corrected chi connectivity index (χ0v) is 17.6. The van der Waals surface area contributed by atoms with E-state index in [1.165, 1.54) is 7.11 Å². The van der Waals surface area contributed by atoms with Crippen LogP contribution in [0.2, 0.25) is 0 Å². The first-order valence-corrected chi connectivity index (χ1v) is 9.78. The van der Waals surface area contributed by atoms with Crippen LogP contribution < -0.4 is 11.1 Å². The number of ether oxygens (including phenoxy) is 1. The molecule has 146 valence electrons. The third kappa shape index (κ3) is 4.04. The molecule has 1 aliphatic heterocycles. The molecular weight excluding hydrogens is 486 g/mol. The van der Waals surface area contributed by atoms with E-state index in [-0.39, 0.29) is 18.0 Å². The Kier molecular flexibility index (Phi) is 5.92. The lowest BCUT2D eigenvalue weighted by Gasteiger charge is -2.33. The monoisotopic (exact) mass is 503 g/mol. The molecule has 0 aromatic carbocycles. The molecule has 1 aromatic rings. The van der Waals surface area contributed by atoms with E-state index in [1.807, 2.05) is 0 Å². The number of aryl methyl sites for hydroxylation is 1. The Morgan fingerprint density at radius 2 is 2.37 bits per heavy atom. The number of hydrogen-bond acceptors (Lipinski definition) is 7. The maximum atomic E-state index is 12.4. The van der Waals surface area contributed by atoms with Gasteiger partial charge in [0.15, 0.2) is 11.5 Å². The van der Waals surface area contributed by atoms with Crippen LogP contribution in [0.25, 0.3) is 0 Å². The zero-order chi connectivity index (χ0) is 19.6. The average Bonchev–Trinajstić information content (AvgIpc) is 3.24. The number of methoxy groups -OCH3 is 1. The number of amides is 1. The summed E-state index contributed by atoms with van der Waals surface area (Å²) in [6, 6.07) is 0. The lowest BCUT2D eigenvalue weighted by atomic mass is 9.87. The maximum Gasteiger partial charge on any atom is 0.269 e. The van der Waals surface area contributed by atoms with Crippen molar-refractivity contribution < 1.29 is 19.5 Å². The van der Waals surface area contributed by atoms with Gasteiger partial charge in [-0.3, -0.25) is 4.79 Å². The highest BCUT2D eigenvalue weighted by Gasteiger charge is 2.50. The first-order valence-electron chi connectivity index (χ1n) is 8.19. The van der Waals surface area contributed by atoms with Crippen molar-refractivity contribution in [2.75, 3.05) is 19.4 Å². The fourth-order valence-corrected chi connectivity index (χ4v) is 4.70. The summed E-state index contributed by atoms with van der Waals surface area (Å²) in [5.41, 5.74) is 5.50. The molecule has 0 radical (unpaired) electrons. The summed E-state index contributed by atoms with van der Waals surface area (Å²) in [6.07, 6.45) is 3.85. The number of carbonyl (C=O) groups is 1. The molecule has 0 unspecified atom stereocenters. The third-order valence-corrected chi connectivity index (χ3v) is 5.68. The Labute approximate surface area is 172 Å². The molecular formula is C16H19Br2N5O4. The minimum absolute atomic E-state index is 0.137. The molecule has 1 aliphatic carbocycles. The summed E-state index contributed by atoms with van der Waals surface area (Å²) in [5, 5.41) is 17.3. The van der Waals surface area contributed by atoms with Crippen molar-refractivity contribution in [3.8, 4) is 0 Å². The molecule has 11 heteroatoms. The number of anilines is 1. The second kappa shape index (κ2) is 8.03. The number of oxime groups is 1. The number of nitrogens with one attached hydrogen (secondary N) is 2. The predicted molar refractivity (Wildman–Crippen MR) is 106 cm³/mol. The smallest absolute Gasteiger partial charge is 0.269 e. The lowest BCUT2D eigenvalue weighted by Crippen LogP contribution is -2.45. The highest BCUT2D eigenvalue weighted by Crippen LogP contribution is 2.43. The molecule has 1 spiro atoms. The number of rotatable bonds is 6. The maximum absolute atomic E-state index is 12.4. The summed E-state index contributed by atoms with van der Waals surface area (Å²) >= 11 is 6.71. The van der Waals surface area contributed by atoms with Crippen LogP contribution in [0.1, 0.15) is 18.5 Å². The molecule has 2 atom stereocenters. The van der Waals surface area contributed by atoms with E-state index in [1.54, 1.807) is 12.3 Å². The number of hydrogen-bond donors (Lipinski definition) is 4. The molecule has 1 amide bonds. The number of carbonyl (C=O) groups excluding carboxylic acids is 1. The largest absolute Gasteiger partial charge is 0.495 e. The Morgan fingerprint density at radius 3 is 3.04 bits per heavy atom. The van der Waals surface area contributed by atoms with E-state index in [0.717, 1.165) is 5.69 Å². The number of H-pyrrole nitrogens is 1. The van der Waals surface area contributed by atoms with Crippen molar-refractivity contribution in [2.45, 2.75) is 31.0 Å². The topological polar surface area (TPSA) is 135 Å². The SMILES string of the molecule is COC1=C(Br)[C@@H](O)[C@@]2(C=C1Br)CC(C(=O)NCCCc1cnc(N)[nH]1)=NO2. The second-order valence-electron chi connectivity index (χ2n) is 6.19. The molecule has 9 nitrogen and oxygen atoms in total. The van der Waals surface area contributed by atoms with Gasteiger partial charge >= 0.3 is 0 Å². The van der Waals surface area contributed by atoms with Crippen molar-refractivity contribution in [3.05, 3.63) is 32.7 Å². The quantitative estimate of drug-likeness (QED) is 0.433. The van der Waals surface area contributed by atoms with E-state index in [0.29, 0.717) is 40.1 Å². The van der Waals surface area contributed by atoms with Gasteiger partial charge in [0.1, 0.15) is 17.6 Å². The Balaban J connectivity index is 1.54. The first kappa shape index (κ1) is 19.9. The summed E-state index contributed by atoms with van der Waals surface area (Å²) in [7, 11) is 1.50. The number of aliphatic hydroxyl groups excluding tert-OH is 1. The number of aliphatic hydroxyl groups is 1. The van der Waals surface area contributed by atoms with Crippen LogP contribution >= 0.6 is 31.9 Å². The third-order valence-electron chi connectivity index (χ3n) is 4.30. The molecule has 0 fully saturated rings. The molecule has 2 aliphatic rings. The number of aromatic amines is 1. The van der Waals surface area contributed by atoms with Crippen molar-refractivity contribution in [3.63, 3.8) is 0 Å². The van der Waals surface area contributed by atoms with E-state index in [9.17, 15) is 9.90 Å². The minimum atomic E-state index is -1.15. The standard InChI is InChI=1S/C16H19Br2N5O4/c1-26-12-9(17)5-16(13(24)11(12)18)6-10(23-27-16)14(25)20-4-2-3-8-7-21-15(19)22-8/h5,7,13,24H,2-4,6H2,1H3,(H,20,25)(H3,19,21,22)/t13-,16-/m1/s1. The number of nitrogen functional groups attached to an aromatic ring is 1. The Bertz CT molecular complexity index is 835. The molecule has 27 heavy (non-hydrogen) atoms. The second-order valence-corrected chi connectivity index (χ2v) is 7.90. The fraction of sp³-hybridized carbons (Fsp3) is 0.438. The number of imidazole rings is 1. The van der Waals surface area contributed by atoms with Gasteiger partial charge < -0.3 is 30.7 Å². The summed E-state index contributed by atoms with van der Waals surface area (Å²) in [6.45, 7) is 0.462. The molecule has 0 saturated heterocycles. The number of nitrogens with zero attached hydrogens (tertiary/aromatic N) is 2. The fourth-order valence-electron chi connectivity index (χ4n) is 2.91. The van der Waals surface area contributed by atoms with Gasteiger partial charge in [-0.15, -0.1) is 0 Å². The van der Waals surface area contributed by atoms with E-state index < -0.39 is 11.7 Å². The number of halogens is 2. The van der Waals surface area contributed by atoms with Crippen LogP contribution in [0.15, 0.2) is 32.2 Å². The lowest BCUT2D eigenvalue weighted by molar-refractivity contribution is -0.114. The van der Waals surface area contributed by atoms with Gasteiger partial charge in [-0.25, -0.2) is 4.98 Å². The van der Waals surface area contributed by atoms with E-state index in [2.05, 4.69) is 52.3 Å². The molecule has 2 heterocycles. The van der Waals surface area contributed by atoms with Gasteiger partial charge in [0.05, 0.1) is 22.3 Å². The van der Waals surface area contributed by atoms with Crippen LogP contribution in [0.4, 0.5) is 5.95 Å². The van der Waals surface area contributed by atoms with Gasteiger partial charge in [-0.1, -0.05) is 5.16 Å². The Hall–Kier alpha value is -1.85. The number of nitrogens with two attached hydrogens (primary N) is 1. The first-order chi connectivity index (χ1) is 12.9. The minimum Gasteiger partial charge on any atom is -0.495 e. The number of aromatic nitrogens is 2. The highest BCUT2D eigenvalue weighted by molar-refractivity contribution is 9.12. The van der Waals surface area contributed by atoms with Crippen molar-refractivity contribution in [2.24, 2.45) is 5.16 Å². The van der Waals surface area contributed by atoms with Crippen molar-refractivity contribution in [1.82, 2.24) is 15.3 Å². The molecule has 0 bridgehead atoms. The summed E-state index contributed by atoms with van der Waals surface area (Å²) in [5.74, 6) is 0.512. The normalized spacial score (nSPS) is 24.5. The van der Waals surface area contributed by atoms with Crippen molar-refractivity contribution >= 4 is 49.4 Å². The van der Waals surface area contributed by atoms with Gasteiger partial charge in [0, 0.05) is 18.7 Å². The van der Waals surface area contributed by atoms with Gasteiger partial charge in [0.2, 0.25) is 0 Å². The van der Waals surface area contributed by atoms with E-state index in [4.69, 9.17) is 15.3 Å². The highest BCUT2D eigenvalue weighted by atomic mass is 79.9. The van der Waals surface area contributed by atoms with Crippen LogP contribution in [0.5, 0.6) is 0 Å². The summed E-state index contributed by atoms with van der Waals surface area (Å²) in [4.78, 5) is 24.7. The predicted octanol–water partition coefficient (Wildman–Crippen LogP) is 1.46. The van der Waals surface area contributed by atoms with E-state index >= 15 is 0 Å².